The van der Waals surface area contributed by atoms with Crippen molar-refractivity contribution in [2.75, 3.05) is 0 Å². The number of unbranched alkanes of at least 4 members (excludes halogenated alkanes) is 3. The number of carboxylic acid groups (broad SMARTS) is 1. The van der Waals surface area contributed by atoms with Gasteiger partial charge in [0.15, 0.2) is 0 Å². The maximum absolute atomic E-state index is 10.4. The van der Waals surface area contributed by atoms with E-state index in [4.69, 9.17) is 9.84 Å². The van der Waals surface area contributed by atoms with E-state index in [-0.39, 0.29) is 12.5 Å². The molecule has 1 saturated heterocycles. The molecular weight excluding hydrogens is 336 g/mol. The molecule has 0 aromatic carbocycles. The van der Waals surface area contributed by atoms with Gasteiger partial charge in [-0.1, -0.05) is 44.1 Å². The van der Waals surface area contributed by atoms with Gasteiger partial charge < -0.3 is 25.2 Å². The highest BCUT2D eigenvalue weighted by Crippen LogP contribution is 2.26. The van der Waals surface area contributed by atoms with Crippen LogP contribution < -0.4 is 0 Å². The summed E-state index contributed by atoms with van der Waals surface area (Å²) in [5.41, 5.74) is 0. The molecule has 0 bridgehead atoms. The normalized spacial score (nSPS) is 25.9. The fraction of sp³-hybridized carbons (Fsp3) is 0.750. The number of hydrogen-bond donors (Lipinski definition) is 4. The molecule has 0 amide bonds. The zero-order valence-corrected chi connectivity index (χ0v) is 15.7. The lowest BCUT2D eigenvalue weighted by atomic mass is 10.0. The van der Waals surface area contributed by atoms with Crippen molar-refractivity contribution in [3.05, 3.63) is 24.3 Å². The van der Waals surface area contributed by atoms with Gasteiger partial charge in [-0.3, -0.25) is 4.79 Å². The predicted molar refractivity (Wildman–Crippen MR) is 99.8 cm³/mol. The second kappa shape index (κ2) is 13.0. The molecule has 0 unspecified atom stereocenters. The molecule has 1 fully saturated rings. The molecule has 6 nitrogen and oxygen atoms in total. The smallest absolute Gasteiger partial charge is 0.303 e. The second-order valence-electron chi connectivity index (χ2n) is 6.95. The molecule has 0 saturated carbocycles. The number of aliphatic carboxylic acids is 1. The topological polar surface area (TPSA) is 107 Å². The minimum Gasteiger partial charge on any atom is -0.481 e. The van der Waals surface area contributed by atoms with Gasteiger partial charge in [-0.05, 0) is 32.1 Å². The summed E-state index contributed by atoms with van der Waals surface area (Å²) >= 11 is 0. The van der Waals surface area contributed by atoms with Crippen molar-refractivity contribution in [1.29, 1.82) is 0 Å². The molecule has 1 rings (SSSR count). The standard InChI is InChI=1S/C20H34O6/c1-2-3-4-5-6-7-10-18-17(23)14-19(26-18)16(22)13-12-15(21)9-8-11-20(24)25/h6-7,12-13,15-19,21-23H,2-5,8-11,14H2,1H3,(H,24,25)/b7-6-,13-12+/t15-,16-,17+,18+,19+/m0/s1. The summed E-state index contributed by atoms with van der Waals surface area (Å²) < 4.78 is 5.75. The molecule has 0 aliphatic carbocycles. The Labute approximate surface area is 156 Å². The monoisotopic (exact) mass is 370 g/mol. The Hall–Kier alpha value is -1.21. The number of hydrogen-bond acceptors (Lipinski definition) is 5. The summed E-state index contributed by atoms with van der Waals surface area (Å²) in [5, 5.41) is 38.6. The fourth-order valence-electron chi connectivity index (χ4n) is 2.98. The average Bonchev–Trinajstić information content (AvgIpc) is 2.96. The molecule has 1 aliphatic rings. The van der Waals surface area contributed by atoms with Crippen LogP contribution in [-0.2, 0) is 9.53 Å². The minimum absolute atomic E-state index is 0.0129. The van der Waals surface area contributed by atoms with Crippen molar-refractivity contribution in [1.82, 2.24) is 0 Å². The van der Waals surface area contributed by atoms with Crippen LogP contribution in [0.15, 0.2) is 24.3 Å². The lowest BCUT2D eigenvalue weighted by molar-refractivity contribution is -0.137. The van der Waals surface area contributed by atoms with Crippen molar-refractivity contribution < 1.29 is 30.0 Å². The van der Waals surface area contributed by atoms with Gasteiger partial charge in [0.25, 0.3) is 0 Å². The van der Waals surface area contributed by atoms with E-state index < -0.39 is 30.4 Å². The number of carbonyl (C=O) groups is 1. The van der Waals surface area contributed by atoms with Crippen LogP contribution in [0.3, 0.4) is 0 Å². The van der Waals surface area contributed by atoms with Gasteiger partial charge >= 0.3 is 5.97 Å². The largest absolute Gasteiger partial charge is 0.481 e. The lowest BCUT2D eigenvalue weighted by Gasteiger charge is -2.16. The first-order valence-corrected chi connectivity index (χ1v) is 9.68. The Morgan fingerprint density at radius 2 is 1.96 bits per heavy atom. The molecule has 0 aromatic rings. The van der Waals surface area contributed by atoms with Gasteiger partial charge in [-0.25, -0.2) is 0 Å². The second-order valence-corrected chi connectivity index (χ2v) is 6.95. The Morgan fingerprint density at radius 1 is 1.19 bits per heavy atom. The maximum atomic E-state index is 10.4. The van der Waals surface area contributed by atoms with E-state index in [9.17, 15) is 20.1 Å². The summed E-state index contributed by atoms with van der Waals surface area (Å²) in [6, 6.07) is 0. The van der Waals surface area contributed by atoms with Gasteiger partial charge in [-0.15, -0.1) is 0 Å². The van der Waals surface area contributed by atoms with Gasteiger partial charge in [0.2, 0.25) is 0 Å². The van der Waals surface area contributed by atoms with E-state index in [0.29, 0.717) is 25.7 Å². The first kappa shape index (κ1) is 22.8. The maximum Gasteiger partial charge on any atom is 0.303 e. The number of aliphatic hydroxyl groups is 3. The summed E-state index contributed by atoms with van der Waals surface area (Å²) in [4.78, 5) is 10.4. The number of aliphatic hydroxyl groups excluding tert-OH is 3. The lowest BCUT2D eigenvalue weighted by Crippen LogP contribution is -2.24. The number of allylic oxidation sites excluding steroid dienone is 1. The van der Waals surface area contributed by atoms with Crippen molar-refractivity contribution in [3.8, 4) is 0 Å². The van der Waals surface area contributed by atoms with Gasteiger partial charge in [0, 0.05) is 12.8 Å². The van der Waals surface area contributed by atoms with Gasteiger partial charge in [-0.2, -0.15) is 0 Å². The molecule has 150 valence electrons. The molecule has 1 heterocycles. The van der Waals surface area contributed by atoms with Crippen molar-refractivity contribution in [2.45, 2.75) is 95.2 Å². The highest BCUT2D eigenvalue weighted by atomic mass is 16.5. The van der Waals surface area contributed by atoms with Gasteiger partial charge in [0.1, 0.15) is 0 Å². The highest BCUT2D eigenvalue weighted by Gasteiger charge is 2.36. The minimum atomic E-state index is -0.905. The Morgan fingerprint density at radius 3 is 2.65 bits per heavy atom. The summed E-state index contributed by atoms with van der Waals surface area (Å²) in [7, 11) is 0. The van der Waals surface area contributed by atoms with Crippen LogP contribution in [0, 0.1) is 0 Å². The Balaban J connectivity index is 2.31. The molecule has 0 spiro atoms. The van der Waals surface area contributed by atoms with Crippen molar-refractivity contribution in [3.63, 3.8) is 0 Å². The zero-order chi connectivity index (χ0) is 19.4. The molecule has 1 aliphatic heterocycles. The van der Waals surface area contributed by atoms with Crippen LogP contribution in [0.4, 0.5) is 0 Å². The van der Waals surface area contributed by atoms with E-state index in [1.165, 1.54) is 31.4 Å². The van der Waals surface area contributed by atoms with Crippen LogP contribution in [0.5, 0.6) is 0 Å². The molecule has 0 radical (unpaired) electrons. The average molecular weight is 370 g/mol. The first-order valence-electron chi connectivity index (χ1n) is 9.68. The molecule has 26 heavy (non-hydrogen) atoms. The third kappa shape index (κ3) is 9.48. The van der Waals surface area contributed by atoms with Crippen LogP contribution in [0.1, 0.15) is 64.7 Å². The van der Waals surface area contributed by atoms with E-state index in [1.807, 2.05) is 6.08 Å². The molecule has 5 atom stereocenters. The number of rotatable bonds is 13. The summed E-state index contributed by atoms with van der Waals surface area (Å²) in [6.07, 6.45) is 10.3. The number of ether oxygens (including phenoxy) is 1. The summed E-state index contributed by atoms with van der Waals surface area (Å²) in [5.74, 6) is -0.889. The van der Waals surface area contributed by atoms with Crippen molar-refractivity contribution in [2.24, 2.45) is 0 Å². The van der Waals surface area contributed by atoms with Crippen LogP contribution >= 0.6 is 0 Å². The van der Waals surface area contributed by atoms with E-state index in [2.05, 4.69) is 13.0 Å². The van der Waals surface area contributed by atoms with Crippen LogP contribution in [0.2, 0.25) is 0 Å². The third-order valence-electron chi connectivity index (χ3n) is 4.56. The molecule has 6 heteroatoms. The molecule has 0 aromatic heterocycles. The fourth-order valence-corrected chi connectivity index (χ4v) is 2.98. The SMILES string of the molecule is CCCCC/C=C\C[C@H]1O[C@@H]([C@@H](O)/C=C/[C@@H](O)CCCC(=O)O)C[C@H]1O. The van der Waals surface area contributed by atoms with E-state index >= 15 is 0 Å². The van der Waals surface area contributed by atoms with Gasteiger partial charge in [0.05, 0.1) is 30.5 Å². The first-order chi connectivity index (χ1) is 12.4. The predicted octanol–water partition coefficient (Wildman–Crippen LogP) is 2.56. The molecular formula is C20H34O6. The Kier molecular flexibility index (Phi) is 11.4. The van der Waals surface area contributed by atoms with E-state index in [0.717, 1.165) is 6.42 Å². The van der Waals surface area contributed by atoms with Crippen LogP contribution in [-0.4, -0.2) is 56.9 Å². The zero-order valence-electron chi connectivity index (χ0n) is 15.7. The Bertz CT molecular complexity index is 448. The number of carboxylic acids is 1. The third-order valence-corrected chi connectivity index (χ3v) is 4.56. The van der Waals surface area contributed by atoms with E-state index in [1.54, 1.807) is 0 Å². The highest BCUT2D eigenvalue weighted by molar-refractivity contribution is 5.66. The summed E-state index contributed by atoms with van der Waals surface area (Å²) in [6.45, 7) is 2.17. The molecule has 4 N–H and O–H groups in total. The van der Waals surface area contributed by atoms with Crippen molar-refractivity contribution >= 4 is 5.97 Å². The quantitative estimate of drug-likeness (QED) is 0.293. The van der Waals surface area contributed by atoms with Crippen LogP contribution in [0.25, 0.3) is 0 Å².